The molecular formula is C23H22N2O6S. The van der Waals surface area contributed by atoms with Gasteiger partial charge in [0.1, 0.15) is 11.5 Å². The Labute approximate surface area is 188 Å². The highest BCUT2D eigenvalue weighted by atomic mass is 32.1. The lowest BCUT2D eigenvalue weighted by Gasteiger charge is -2.11. The molecule has 0 atom stereocenters. The van der Waals surface area contributed by atoms with Crippen LogP contribution in [0.25, 0.3) is 11.1 Å². The number of Topliss-reactive ketones (excluding diaryl/α,β-unsaturated/α-hetero) is 1. The molecule has 9 heteroatoms. The predicted octanol–water partition coefficient (Wildman–Crippen LogP) is 4.27. The molecule has 3 aromatic rings. The molecule has 8 nitrogen and oxygen atoms in total. The van der Waals surface area contributed by atoms with Crippen molar-refractivity contribution in [3.8, 4) is 22.6 Å². The number of ketones is 1. The molecule has 0 aliphatic rings. The Bertz CT molecular complexity index is 1120. The first-order valence-corrected chi connectivity index (χ1v) is 10.6. The van der Waals surface area contributed by atoms with Gasteiger partial charge in [-0.3, -0.25) is 19.7 Å². The average molecular weight is 455 g/mol. The molecule has 0 saturated heterocycles. The van der Waals surface area contributed by atoms with Gasteiger partial charge in [-0.2, -0.15) is 0 Å². The topological polar surface area (TPSA) is 108 Å². The Morgan fingerprint density at radius 1 is 1.09 bits per heavy atom. The third-order valence-corrected chi connectivity index (χ3v) is 5.80. The monoisotopic (exact) mass is 454 g/mol. The second kappa shape index (κ2) is 10.5. The summed E-state index contributed by atoms with van der Waals surface area (Å²) in [6, 6.07) is 14.9. The summed E-state index contributed by atoms with van der Waals surface area (Å²) < 4.78 is 10.9. The van der Waals surface area contributed by atoms with Crippen molar-refractivity contribution in [3.63, 3.8) is 0 Å². The Morgan fingerprint density at radius 2 is 1.84 bits per heavy atom. The Kier molecular flexibility index (Phi) is 7.56. The number of hydrogen-bond donors (Lipinski definition) is 1. The minimum absolute atomic E-state index is 0.0726. The Morgan fingerprint density at radius 3 is 2.50 bits per heavy atom. The van der Waals surface area contributed by atoms with Crippen LogP contribution in [0.5, 0.6) is 11.5 Å². The first kappa shape index (κ1) is 23.0. The molecule has 0 spiro atoms. The summed E-state index contributed by atoms with van der Waals surface area (Å²) in [6.45, 7) is 1.76. The molecule has 2 aromatic carbocycles. The van der Waals surface area contributed by atoms with E-state index < -0.39 is 4.92 Å². The summed E-state index contributed by atoms with van der Waals surface area (Å²) in [5.74, 6) is 0.738. The summed E-state index contributed by atoms with van der Waals surface area (Å²) in [6.07, 6.45) is 0.641. The summed E-state index contributed by atoms with van der Waals surface area (Å²) in [5.41, 5.74) is 1.14. The van der Waals surface area contributed by atoms with E-state index in [2.05, 4.69) is 5.32 Å². The van der Waals surface area contributed by atoms with Crippen LogP contribution in [-0.4, -0.2) is 36.9 Å². The van der Waals surface area contributed by atoms with E-state index >= 15 is 0 Å². The molecule has 1 amide bonds. The number of ether oxygens (including phenoxy) is 2. The van der Waals surface area contributed by atoms with Gasteiger partial charge in [-0.1, -0.05) is 12.1 Å². The van der Waals surface area contributed by atoms with Gasteiger partial charge in [-0.15, -0.1) is 11.3 Å². The van der Waals surface area contributed by atoms with E-state index in [9.17, 15) is 19.7 Å². The van der Waals surface area contributed by atoms with Crippen LogP contribution in [0.3, 0.4) is 0 Å². The zero-order valence-corrected chi connectivity index (χ0v) is 18.4. The van der Waals surface area contributed by atoms with Gasteiger partial charge in [-0.25, -0.2) is 0 Å². The third kappa shape index (κ3) is 5.92. The maximum Gasteiger partial charge on any atom is 0.270 e. The fourth-order valence-corrected chi connectivity index (χ4v) is 3.92. The Balaban J connectivity index is 1.74. The quantitative estimate of drug-likeness (QED) is 0.278. The van der Waals surface area contributed by atoms with Gasteiger partial charge in [0.2, 0.25) is 11.7 Å². The van der Waals surface area contributed by atoms with E-state index in [1.807, 2.05) is 6.07 Å². The van der Waals surface area contributed by atoms with Gasteiger partial charge >= 0.3 is 0 Å². The number of non-ortho nitro benzene ring substituents is 1. The fourth-order valence-electron chi connectivity index (χ4n) is 2.99. The van der Waals surface area contributed by atoms with Crippen molar-refractivity contribution in [3.05, 3.63) is 74.5 Å². The smallest absolute Gasteiger partial charge is 0.270 e. The number of nitrogens with one attached hydrogen (secondary N) is 1. The standard InChI is InChI=1S/C23H22N2O6S/c1-15(26)24-12-11-19-8-10-23(32-19)21(27)14-31-22-9-5-17(25(28)29)13-20(22)16-3-6-18(30-2)7-4-16/h3-10,13H,11-12,14H2,1-2H3,(H,24,26). The predicted molar refractivity (Wildman–Crippen MR) is 122 cm³/mol. The van der Waals surface area contributed by atoms with Crippen molar-refractivity contribution >= 4 is 28.7 Å². The zero-order chi connectivity index (χ0) is 23.1. The van der Waals surface area contributed by atoms with Crippen molar-refractivity contribution in [2.45, 2.75) is 13.3 Å². The van der Waals surface area contributed by atoms with Crippen molar-refractivity contribution < 1.29 is 24.0 Å². The SMILES string of the molecule is COc1ccc(-c2cc([N+](=O)[O-])ccc2OCC(=O)c2ccc(CCNC(C)=O)s2)cc1. The molecule has 0 aliphatic heterocycles. The number of carbonyl (C=O) groups is 2. The molecule has 32 heavy (non-hydrogen) atoms. The van der Waals surface area contributed by atoms with Crippen LogP contribution in [0.2, 0.25) is 0 Å². The van der Waals surface area contributed by atoms with E-state index in [0.29, 0.717) is 40.5 Å². The molecule has 0 bridgehead atoms. The highest BCUT2D eigenvalue weighted by Gasteiger charge is 2.16. The average Bonchev–Trinajstić information content (AvgIpc) is 3.26. The van der Waals surface area contributed by atoms with Gasteiger partial charge in [0.25, 0.3) is 5.69 Å². The molecule has 166 valence electrons. The van der Waals surface area contributed by atoms with Crippen molar-refractivity contribution in [1.82, 2.24) is 5.32 Å². The second-order valence-corrected chi connectivity index (χ2v) is 8.05. The van der Waals surface area contributed by atoms with Gasteiger partial charge in [0.05, 0.1) is 16.9 Å². The number of nitrogens with zero attached hydrogens (tertiary/aromatic N) is 1. The molecule has 1 N–H and O–H groups in total. The summed E-state index contributed by atoms with van der Waals surface area (Å²) in [4.78, 5) is 35.9. The normalized spacial score (nSPS) is 10.4. The lowest BCUT2D eigenvalue weighted by molar-refractivity contribution is -0.384. The molecule has 0 fully saturated rings. The maximum absolute atomic E-state index is 12.6. The van der Waals surface area contributed by atoms with E-state index in [4.69, 9.17) is 9.47 Å². The number of nitro benzene ring substituents is 1. The first-order valence-electron chi connectivity index (χ1n) is 9.79. The number of benzene rings is 2. The number of amides is 1. The molecule has 0 unspecified atom stereocenters. The number of thiophene rings is 1. The minimum Gasteiger partial charge on any atom is -0.497 e. The van der Waals surface area contributed by atoms with Crippen LogP contribution in [0.15, 0.2) is 54.6 Å². The summed E-state index contributed by atoms with van der Waals surface area (Å²) in [5, 5.41) is 14.0. The van der Waals surface area contributed by atoms with Gasteiger partial charge < -0.3 is 14.8 Å². The van der Waals surface area contributed by atoms with Crippen molar-refractivity contribution in [1.29, 1.82) is 0 Å². The number of nitro groups is 1. The molecular weight excluding hydrogens is 432 g/mol. The number of carbonyl (C=O) groups excluding carboxylic acids is 2. The second-order valence-electron chi connectivity index (χ2n) is 6.88. The highest BCUT2D eigenvalue weighted by molar-refractivity contribution is 7.14. The van der Waals surface area contributed by atoms with E-state index in [1.54, 1.807) is 37.4 Å². The van der Waals surface area contributed by atoms with Crippen LogP contribution in [0.4, 0.5) is 5.69 Å². The van der Waals surface area contributed by atoms with Crippen LogP contribution < -0.4 is 14.8 Å². The molecule has 1 heterocycles. The van der Waals surface area contributed by atoms with Crippen molar-refractivity contribution in [2.24, 2.45) is 0 Å². The minimum atomic E-state index is -0.476. The summed E-state index contributed by atoms with van der Waals surface area (Å²) >= 11 is 1.35. The molecule has 0 aliphatic carbocycles. The molecule has 1 aromatic heterocycles. The zero-order valence-electron chi connectivity index (χ0n) is 17.6. The lowest BCUT2D eigenvalue weighted by Crippen LogP contribution is -2.22. The van der Waals surface area contributed by atoms with Gasteiger partial charge in [0.15, 0.2) is 6.61 Å². The molecule has 0 radical (unpaired) electrons. The van der Waals surface area contributed by atoms with E-state index in [-0.39, 0.29) is 24.0 Å². The van der Waals surface area contributed by atoms with E-state index in [1.165, 1.54) is 36.5 Å². The highest BCUT2D eigenvalue weighted by Crippen LogP contribution is 2.34. The Hall–Kier alpha value is -3.72. The maximum atomic E-state index is 12.6. The number of methoxy groups -OCH3 is 1. The number of hydrogen-bond acceptors (Lipinski definition) is 7. The largest absolute Gasteiger partial charge is 0.497 e. The van der Waals surface area contributed by atoms with Gasteiger partial charge in [-0.05, 0) is 42.3 Å². The lowest BCUT2D eigenvalue weighted by atomic mass is 10.0. The van der Waals surface area contributed by atoms with Crippen LogP contribution in [0.1, 0.15) is 21.5 Å². The van der Waals surface area contributed by atoms with Gasteiger partial charge in [0, 0.05) is 36.0 Å². The fraction of sp³-hybridized carbons (Fsp3) is 0.217. The first-order chi connectivity index (χ1) is 15.4. The summed E-state index contributed by atoms with van der Waals surface area (Å²) in [7, 11) is 1.55. The third-order valence-electron chi connectivity index (χ3n) is 4.62. The van der Waals surface area contributed by atoms with Crippen LogP contribution in [0, 0.1) is 10.1 Å². The van der Waals surface area contributed by atoms with Crippen LogP contribution in [-0.2, 0) is 11.2 Å². The van der Waals surface area contributed by atoms with E-state index in [0.717, 1.165) is 4.88 Å². The van der Waals surface area contributed by atoms with Crippen molar-refractivity contribution in [2.75, 3.05) is 20.3 Å². The molecule has 0 saturated carbocycles. The number of rotatable bonds is 10. The van der Waals surface area contributed by atoms with Crippen LogP contribution >= 0.6 is 11.3 Å². The molecule has 3 rings (SSSR count).